The summed E-state index contributed by atoms with van der Waals surface area (Å²) in [7, 11) is 0. The van der Waals surface area contributed by atoms with E-state index in [9.17, 15) is 0 Å². The van der Waals surface area contributed by atoms with E-state index in [1.807, 2.05) is 17.5 Å². The number of aryl methyl sites for hydroxylation is 2. The minimum absolute atomic E-state index is 1.04. The molecule has 0 fully saturated rings. The van der Waals surface area contributed by atoms with Gasteiger partial charge in [0.15, 0.2) is 0 Å². The van der Waals surface area contributed by atoms with Crippen LogP contribution in [-0.2, 0) is 0 Å². The van der Waals surface area contributed by atoms with Gasteiger partial charge in [-0.05, 0) is 87.6 Å². The van der Waals surface area contributed by atoms with Crippen LogP contribution in [0.3, 0.4) is 0 Å². The van der Waals surface area contributed by atoms with Crippen LogP contribution in [0.1, 0.15) is 11.1 Å². The molecule has 7 rings (SSSR count). The van der Waals surface area contributed by atoms with Gasteiger partial charge >= 0.3 is 0 Å². The Bertz CT molecular complexity index is 1890. The van der Waals surface area contributed by atoms with E-state index in [4.69, 9.17) is 4.98 Å². The van der Waals surface area contributed by atoms with Gasteiger partial charge in [0.25, 0.3) is 0 Å². The number of nitrogens with zero attached hydrogens (tertiary/aromatic N) is 1. The SMILES string of the molecule is Cc1cnc(-c2ccc3sc4cc5c6ccccc6c6ccccc6c5cc4c3c2)cc1C. The van der Waals surface area contributed by atoms with Crippen LogP contribution in [-0.4, -0.2) is 4.98 Å². The first kappa shape index (κ1) is 18.8. The fraction of sp³-hybridized carbons (Fsp3) is 0.0645. The first-order valence-electron chi connectivity index (χ1n) is 11.3. The number of thiophene rings is 1. The van der Waals surface area contributed by atoms with E-state index in [1.165, 1.54) is 69.2 Å². The number of rotatable bonds is 1. The Morgan fingerprint density at radius 3 is 1.79 bits per heavy atom. The quantitative estimate of drug-likeness (QED) is 0.232. The Morgan fingerprint density at radius 2 is 1.12 bits per heavy atom. The lowest BCUT2D eigenvalue weighted by atomic mass is 9.93. The zero-order chi connectivity index (χ0) is 22.1. The van der Waals surface area contributed by atoms with Crippen molar-refractivity contribution >= 4 is 63.8 Å². The molecular weight excluding hydrogens is 418 g/mol. The van der Waals surface area contributed by atoms with Crippen LogP contribution < -0.4 is 0 Å². The van der Waals surface area contributed by atoms with Gasteiger partial charge in [-0.15, -0.1) is 11.3 Å². The van der Waals surface area contributed by atoms with Gasteiger partial charge in [-0.1, -0.05) is 54.6 Å². The van der Waals surface area contributed by atoms with E-state index >= 15 is 0 Å². The van der Waals surface area contributed by atoms with E-state index in [2.05, 4.69) is 98.8 Å². The molecule has 0 aliphatic rings. The highest BCUT2D eigenvalue weighted by atomic mass is 32.1. The fourth-order valence-corrected chi connectivity index (χ4v) is 6.22. The van der Waals surface area contributed by atoms with Crippen LogP contribution in [0.5, 0.6) is 0 Å². The van der Waals surface area contributed by atoms with Crippen molar-refractivity contribution < 1.29 is 0 Å². The highest BCUT2D eigenvalue weighted by Crippen LogP contribution is 2.42. The summed E-state index contributed by atoms with van der Waals surface area (Å²) in [6, 6.07) is 31.4. The van der Waals surface area contributed by atoms with Gasteiger partial charge in [0.1, 0.15) is 0 Å². The van der Waals surface area contributed by atoms with Crippen molar-refractivity contribution in [3.63, 3.8) is 0 Å². The van der Waals surface area contributed by atoms with Gasteiger partial charge in [-0.25, -0.2) is 0 Å². The molecule has 7 aromatic rings. The van der Waals surface area contributed by atoms with Gasteiger partial charge in [-0.2, -0.15) is 0 Å². The highest BCUT2D eigenvalue weighted by Gasteiger charge is 2.13. The second kappa shape index (κ2) is 6.87. The summed E-state index contributed by atoms with van der Waals surface area (Å²) in [5.74, 6) is 0. The van der Waals surface area contributed by atoms with Gasteiger partial charge in [-0.3, -0.25) is 4.98 Å². The molecule has 0 amide bonds. The number of hydrogen-bond donors (Lipinski definition) is 0. The van der Waals surface area contributed by atoms with Gasteiger partial charge in [0.05, 0.1) is 5.69 Å². The van der Waals surface area contributed by atoms with Crippen molar-refractivity contribution in [3.05, 3.63) is 102 Å². The van der Waals surface area contributed by atoms with Gasteiger partial charge in [0.2, 0.25) is 0 Å². The second-order valence-corrected chi connectivity index (χ2v) is 10.0. The maximum Gasteiger partial charge on any atom is 0.0705 e. The van der Waals surface area contributed by atoms with Crippen LogP contribution in [0.4, 0.5) is 0 Å². The number of pyridine rings is 1. The zero-order valence-electron chi connectivity index (χ0n) is 18.5. The topological polar surface area (TPSA) is 12.9 Å². The molecule has 0 saturated carbocycles. The Morgan fingerprint density at radius 1 is 0.515 bits per heavy atom. The normalized spacial score (nSPS) is 11.9. The minimum atomic E-state index is 1.04. The Labute approximate surface area is 195 Å². The standard InChI is InChI=1S/C31H21NS/c1-18-13-29(32-17-19(18)2)20-11-12-30-27(14-20)28-15-25-23-9-5-3-7-21(23)22-8-4-6-10-24(22)26(25)16-31(28)33-30/h3-17H,1-2H3. The molecule has 1 nitrogen and oxygen atoms in total. The molecule has 0 spiro atoms. The number of hydrogen-bond acceptors (Lipinski definition) is 2. The van der Waals surface area contributed by atoms with Crippen molar-refractivity contribution in [1.29, 1.82) is 0 Å². The minimum Gasteiger partial charge on any atom is -0.256 e. The first-order chi connectivity index (χ1) is 16.2. The van der Waals surface area contributed by atoms with Crippen LogP contribution in [0.2, 0.25) is 0 Å². The summed E-state index contributed by atoms with van der Waals surface area (Å²) in [4.78, 5) is 4.71. The lowest BCUT2D eigenvalue weighted by Gasteiger charge is -2.10. The molecule has 0 aliphatic carbocycles. The molecule has 0 N–H and O–H groups in total. The third kappa shape index (κ3) is 2.74. The summed E-state index contributed by atoms with van der Waals surface area (Å²) in [6.45, 7) is 4.27. The van der Waals surface area contributed by atoms with Crippen LogP contribution in [0.25, 0.3) is 63.7 Å². The molecule has 0 radical (unpaired) electrons. The van der Waals surface area contributed by atoms with Crippen molar-refractivity contribution in [1.82, 2.24) is 4.98 Å². The van der Waals surface area contributed by atoms with Crippen molar-refractivity contribution in [2.45, 2.75) is 13.8 Å². The highest BCUT2D eigenvalue weighted by molar-refractivity contribution is 7.25. The molecular formula is C31H21NS. The second-order valence-electron chi connectivity index (χ2n) is 8.95. The Balaban J connectivity index is 1.59. The maximum atomic E-state index is 4.71. The molecule has 0 bridgehead atoms. The number of fused-ring (bicyclic) bond motifs is 9. The van der Waals surface area contributed by atoms with E-state index in [0.717, 1.165) is 5.69 Å². The van der Waals surface area contributed by atoms with E-state index in [0.29, 0.717) is 0 Å². The summed E-state index contributed by atoms with van der Waals surface area (Å²) in [5, 5.41) is 10.6. The molecule has 33 heavy (non-hydrogen) atoms. The molecule has 2 heterocycles. The molecule has 0 unspecified atom stereocenters. The fourth-order valence-electron chi connectivity index (χ4n) is 5.12. The third-order valence-corrected chi connectivity index (χ3v) is 8.14. The monoisotopic (exact) mass is 439 g/mol. The lowest BCUT2D eigenvalue weighted by molar-refractivity contribution is 1.22. The van der Waals surface area contributed by atoms with E-state index in [1.54, 1.807) is 0 Å². The van der Waals surface area contributed by atoms with Crippen molar-refractivity contribution in [2.75, 3.05) is 0 Å². The smallest absolute Gasteiger partial charge is 0.0705 e. The Kier molecular flexibility index (Phi) is 3.91. The average Bonchev–Trinajstić information content (AvgIpc) is 3.22. The molecule has 0 aliphatic heterocycles. The predicted molar refractivity (Wildman–Crippen MR) is 145 cm³/mol. The number of benzene rings is 5. The van der Waals surface area contributed by atoms with Crippen LogP contribution in [0, 0.1) is 13.8 Å². The van der Waals surface area contributed by atoms with Crippen LogP contribution >= 0.6 is 11.3 Å². The molecule has 156 valence electrons. The molecule has 0 saturated heterocycles. The van der Waals surface area contributed by atoms with Gasteiger partial charge < -0.3 is 0 Å². The lowest BCUT2D eigenvalue weighted by Crippen LogP contribution is -1.88. The third-order valence-electron chi connectivity index (χ3n) is 7.00. The summed E-state index contributed by atoms with van der Waals surface area (Å²) < 4.78 is 2.66. The largest absolute Gasteiger partial charge is 0.256 e. The molecule has 2 heteroatoms. The van der Waals surface area contributed by atoms with Gasteiger partial charge in [0, 0.05) is 31.9 Å². The van der Waals surface area contributed by atoms with Crippen LogP contribution in [0.15, 0.2) is 91.1 Å². The Hall–Kier alpha value is -3.75. The van der Waals surface area contributed by atoms with Crippen molar-refractivity contribution in [3.8, 4) is 11.3 Å². The molecule has 5 aromatic carbocycles. The van der Waals surface area contributed by atoms with E-state index < -0.39 is 0 Å². The van der Waals surface area contributed by atoms with E-state index in [-0.39, 0.29) is 0 Å². The summed E-state index contributed by atoms with van der Waals surface area (Å²) in [6.07, 6.45) is 1.98. The average molecular weight is 440 g/mol. The zero-order valence-corrected chi connectivity index (χ0v) is 19.3. The molecule has 0 atom stereocenters. The maximum absolute atomic E-state index is 4.71. The summed E-state index contributed by atoms with van der Waals surface area (Å²) >= 11 is 1.88. The van der Waals surface area contributed by atoms with Crippen molar-refractivity contribution in [2.24, 2.45) is 0 Å². The number of aromatic nitrogens is 1. The first-order valence-corrected chi connectivity index (χ1v) is 12.1. The predicted octanol–water partition coefficient (Wildman–Crippen LogP) is 9.19. The summed E-state index contributed by atoms with van der Waals surface area (Å²) in [5.41, 5.74) is 4.72. The molecule has 2 aromatic heterocycles.